The maximum atomic E-state index is 9.10. The third kappa shape index (κ3) is 2.38. The fraction of sp³-hybridized carbons (Fsp3) is 0.0556. The smallest absolute Gasteiger partial charge is 0.173 e. The average Bonchev–Trinajstić information content (AvgIpc) is 3.06. The second kappa shape index (κ2) is 5.89. The van der Waals surface area contributed by atoms with Crippen LogP contribution in [0.4, 0.5) is 5.69 Å². The summed E-state index contributed by atoms with van der Waals surface area (Å²) >= 11 is 0. The number of benzene rings is 1. The predicted molar refractivity (Wildman–Crippen MR) is 91.3 cm³/mol. The van der Waals surface area contributed by atoms with E-state index in [4.69, 9.17) is 5.26 Å². The standard InChI is InChI=1S/C18H12N6/c19-10-13-11-23-24-17-7-9-21-16(15(17)12-22-18(13)24)6-8-20-14-4-2-1-3-5-14/h1-5,7-9,11-12H,6H2. The van der Waals surface area contributed by atoms with Crippen molar-refractivity contribution in [1.82, 2.24) is 19.6 Å². The number of aromatic nitrogens is 4. The lowest BCUT2D eigenvalue weighted by molar-refractivity contribution is 0.977. The molecule has 0 saturated carbocycles. The van der Waals surface area contributed by atoms with Crippen LogP contribution in [0, 0.1) is 11.3 Å². The highest BCUT2D eigenvalue weighted by Crippen LogP contribution is 2.19. The van der Waals surface area contributed by atoms with Crippen LogP contribution in [0.15, 0.2) is 60.0 Å². The van der Waals surface area contributed by atoms with Crippen molar-refractivity contribution in [3.8, 4) is 6.07 Å². The molecule has 6 nitrogen and oxygen atoms in total. The molecule has 6 heteroatoms. The van der Waals surface area contributed by atoms with Gasteiger partial charge < -0.3 is 0 Å². The molecule has 0 aliphatic heterocycles. The van der Waals surface area contributed by atoms with Gasteiger partial charge in [0, 0.05) is 30.4 Å². The monoisotopic (exact) mass is 312 g/mol. The van der Waals surface area contributed by atoms with Gasteiger partial charge in [-0.1, -0.05) is 18.2 Å². The molecule has 4 rings (SSSR count). The molecule has 0 amide bonds. The maximum Gasteiger partial charge on any atom is 0.173 e. The first-order valence-electron chi connectivity index (χ1n) is 7.45. The van der Waals surface area contributed by atoms with Gasteiger partial charge >= 0.3 is 0 Å². The summed E-state index contributed by atoms with van der Waals surface area (Å²) in [6.45, 7) is 0. The summed E-state index contributed by atoms with van der Waals surface area (Å²) < 4.78 is 1.67. The molecule has 0 aliphatic rings. The van der Waals surface area contributed by atoms with Gasteiger partial charge in [-0.15, -0.1) is 0 Å². The van der Waals surface area contributed by atoms with Gasteiger partial charge in [0.1, 0.15) is 11.6 Å². The van der Waals surface area contributed by atoms with Crippen LogP contribution in [0.1, 0.15) is 11.3 Å². The highest BCUT2D eigenvalue weighted by atomic mass is 15.2. The molecule has 0 N–H and O–H groups in total. The van der Waals surface area contributed by atoms with Crippen LogP contribution in [-0.4, -0.2) is 25.8 Å². The zero-order valence-electron chi connectivity index (χ0n) is 12.7. The SMILES string of the molecule is N#Cc1cnn2c1ncc1c(CC=Nc3ccccc3)nccc12. The number of rotatable bonds is 3. The molecule has 0 fully saturated rings. The van der Waals surface area contributed by atoms with E-state index in [-0.39, 0.29) is 0 Å². The minimum Gasteiger partial charge on any atom is -0.261 e. The van der Waals surface area contributed by atoms with Crippen LogP contribution < -0.4 is 0 Å². The second-order valence-electron chi connectivity index (χ2n) is 5.21. The number of nitrogens with zero attached hydrogens (tertiary/aromatic N) is 6. The van der Waals surface area contributed by atoms with Gasteiger partial charge in [-0.25, -0.2) is 9.50 Å². The lowest BCUT2D eigenvalue weighted by Crippen LogP contribution is -1.99. The van der Waals surface area contributed by atoms with E-state index in [0.29, 0.717) is 17.6 Å². The molecule has 4 aromatic rings. The van der Waals surface area contributed by atoms with Crippen LogP contribution in [0.3, 0.4) is 0 Å². The maximum absolute atomic E-state index is 9.10. The van der Waals surface area contributed by atoms with Crippen LogP contribution in [0.25, 0.3) is 16.6 Å². The molecule has 0 aliphatic carbocycles. The van der Waals surface area contributed by atoms with E-state index >= 15 is 0 Å². The first-order valence-corrected chi connectivity index (χ1v) is 7.45. The van der Waals surface area contributed by atoms with Crippen molar-refractivity contribution in [2.75, 3.05) is 0 Å². The fourth-order valence-corrected chi connectivity index (χ4v) is 2.59. The van der Waals surface area contributed by atoms with E-state index < -0.39 is 0 Å². The van der Waals surface area contributed by atoms with Gasteiger partial charge in [0.05, 0.1) is 23.1 Å². The molecule has 0 radical (unpaired) electrons. The highest BCUT2D eigenvalue weighted by Gasteiger charge is 2.10. The average molecular weight is 312 g/mol. The molecular weight excluding hydrogens is 300 g/mol. The molecule has 1 aromatic carbocycles. The zero-order chi connectivity index (χ0) is 16.4. The molecule has 114 valence electrons. The fourth-order valence-electron chi connectivity index (χ4n) is 2.59. The molecule has 3 aromatic heterocycles. The van der Waals surface area contributed by atoms with E-state index in [2.05, 4.69) is 26.1 Å². The van der Waals surface area contributed by atoms with Gasteiger partial charge in [-0.3, -0.25) is 9.98 Å². The lowest BCUT2D eigenvalue weighted by atomic mass is 10.2. The van der Waals surface area contributed by atoms with Crippen molar-refractivity contribution in [3.05, 3.63) is 66.2 Å². The molecule has 0 saturated heterocycles. The first-order chi connectivity index (χ1) is 11.9. The predicted octanol–water partition coefficient (Wildman–Crippen LogP) is 3.09. The Labute approximate surface area is 137 Å². The van der Waals surface area contributed by atoms with Crippen LogP contribution in [0.2, 0.25) is 0 Å². The molecule has 0 atom stereocenters. The Morgan fingerprint density at radius 2 is 2.00 bits per heavy atom. The van der Waals surface area contributed by atoms with Gasteiger partial charge in [0.2, 0.25) is 0 Å². The normalized spacial score (nSPS) is 11.3. The highest BCUT2D eigenvalue weighted by molar-refractivity contribution is 5.85. The topological polar surface area (TPSA) is 79.2 Å². The number of hydrogen-bond donors (Lipinski definition) is 0. The third-order valence-corrected chi connectivity index (χ3v) is 3.74. The Morgan fingerprint density at radius 3 is 2.83 bits per heavy atom. The molecule has 3 heterocycles. The summed E-state index contributed by atoms with van der Waals surface area (Å²) in [6.07, 6.45) is 7.43. The van der Waals surface area contributed by atoms with Crippen LogP contribution in [-0.2, 0) is 6.42 Å². The van der Waals surface area contributed by atoms with Crippen molar-refractivity contribution in [3.63, 3.8) is 0 Å². The van der Waals surface area contributed by atoms with Crippen LogP contribution >= 0.6 is 0 Å². The summed E-state index contributed by atoms with van der Waals surface area (Å²) in [5.41, 5.74) is 3.67. The number of hydrogen-bond acceptors (Lipinski definition) is 5. The first kappa shape index (κ1) is 14.0. The van der Waals surface area contributed by atoms with E-state index in [1.165, 1.54) is 6.20 Å². The van der Waals surface area contributed by atoms with Gasteiger partial charge in [0.25, 0.3) is 0 Å². The van der Waals surface area contributed by atoms with Gasteiger partial charge in [-0.2, -0.15) is 10.4 Å². The minimum atomic E-state index is 0.459. The van der Waals surface area contributed by atoms with E-state index in [0.717, 1.165) is 22.3 Å². The van der Waals surface area contributed by atoms with E-state index in [9.17, 15) is 0 Å². The number of pyridine rings is 1. The summed E-state index contributed by atoms with van der Waals surface area (Å²) in [5, 5.41) is 14.3. The minimum absolute atomic E-state index is 0.459. The molecule has 0 unspecified atom stereocenters. The number of para-hydroxylation sites is 1. The quantitative estimate of drug-likeness (QED) is 0.544. The summed E-state index contributed by atoms with van der Waals surface area (Å²) in [5.74, 6) is 0. The molecule has 0 bridgehead atoms. The van der Waals surface area contributed by atoms with Crippen LogP contribution in [0.5, 0.6) is 0 Å². The molecule has 24 heavy (non-hydrogen) atoms. The van der Waals surface area contributed by atoms with E-state index in [1.54, 1.807) is 16.9 Å². The Kier molecular flexibility index (Phi) is 3.45. The molecular formula is C18H12N6. The van der Waals surface area contributed by atoms with Gasteiger partial charge in [0.15, 0.2) is 5.65 Å². The second-order valence-corrected chi connectivity index (χ2v) is 5.21. The number of nitriles is 1. The lowest BCUT2D eigenvalue weighted by Gasteiger charge is -2.04. The van der Waals surface area contributed by atoms with E-state index in [1.807, 2.05) is 42.6 Å². The van der Waals surface area contributed by atoms with Crippen molar-refractivity contribution in [1.29, 1.82) is 5.26 Å². The Morgan fingerprint density at radius 1 is 1.12 bits per heavy atom. The number of aliphatic imine (C=N–C) groups is 1. The summed E-state index contributed by atoms with van der Waals surface area (Å²) in [7, 11) is 0. The zero-order valence-corrected chi connectivity index (χ0v) is 12.7. The molecule has 0 spiro atoms. The number of fused-ring (bicyclic) bond motifs is 3. The summed E-state index contributed by atoms with van der Waals surface area (Å²) in [6, 6.07) is 13.7. The largest absolute Gasteiger partial charge is 0.261 e. The van der Waals surface area contributed by atoms with Crippen molar-refractivity contribution in [2.45, 2.75) is 6.42 Å². The Hall–Kier alpha value is -3.59. The third-order valence-electron chi connectivity index (χ3n) is 3.74. The van der Waals surface area contributed by atoms with Gasteiger partial charge in [-0.05, 0) is 18.2 Å². The van der Waals surface area contributed by atoms with Crippen molar-refractivity contribution >= 4 is 28.5 Å². The summed E-state index contributed by atoms with van der Waals surface area (Å²) in [4.78, 5) is 13.2. The van der Waals surface area contributed by atoms with Crippen molar-refractivity contribution in [2.24, 2.45) is 4.99 Å². The Bertz CT molecular complexity index is 1090. The Balaban J connectivity index is 1.74. The van der Waals surface area contributed by atoms with Crippen molar-refractivity contribution < 1.29 is 0 Å².